The highest BCUT2D eigenvalue weighted by Gasteiger charge is 1.94. The van der Waals surface area contributed by atoms with Gasteiger partial charge in [0.15, 0.2) is 6.29 Å². The molecule has 0 amide bonds. The van der Waals surface area contributed by atoms with Crippen LogP contribution in [0, 0.1) is 0 Å². The maximum atomic E-state index is 11.0. The van der Waals surface area contributed by atoms with Crippen LogP contribution in [0.5, 0.6) is 0 Å². The first-order valence-electron chi connectivity index (χ1n) is 4.44. The molecule has 15 heavy (non-hydrogen) atoms. The summed E-state index contributed by atoms with van der Waals surface area (Å²) in [6, 6.07) is 0. The lowest BCUT2D eigenvalue weighted by atomic mass is 10.2. The van der Waals surface area contributed by atoms with E-state index in [0.717, 1.165) is 11.9 Å². The zero-order valence-electron chi connectivity index (χ0n) is 8.70. The third-order valence-corrected chi connectivity index (χ3v) is 1.97. The summed E-state index contributed by atoms with van der Waals surface area (Å²) < 4.78 is 5.34. The van der Waals surface area contributed by atoms with Crippen molar-refractivity contribution in [1.29, 1.82) is 0 Å². The molecule has 0 atom stereocenters. The van der Waals surface area contributed by atoms with E-state index in [1.54, 1.807) is 32.1 Å². The standard InChI is InChI=1S/C11H13IO3/c1-3-15-11(14)7-9(2)5-4-6-10(12)8-13/h4-8H,3H2,1-2H3/b5-4+,9-7+,10-6+. The Morgan fingerprint density at radius 1 is 1.47 bits per heavy atom. The van der Waals surface area contributed by atoms with Gasteiger partial charge >= 0.3 is 5.97 Å². The first-order chi connectivity index (χ1) is 7.10. The highest BCUT2D eigenvalue weighted by atomic mass is 127. The summed E-state index contributed by atoms with van der Waals surface area (Å²) in [6.45, 7) is 3.91. The maximum absolute atomic E-state index is 11.0. The van der Waals surface area contributed by atoms with Crippen LogP contribution >= 0.6 is 22.6 Å². The molecule has 4 heteroatoms. The summed E-state index contributed by atoms with van der Waals surface area (Å²) in [5.74, 6) is -0.353. The zero-order valence-corrected chi connectivity index (χ0v) is 10.9. The molecule has 0 radical (unpaired) electrons. The molecular weight excluding hydrogens is 307 g/mol. The van der Waals surface area contributed by atoms with Crippen LogP contribution in [0.15, 0.2) is 33.5 Å². The van der Waals surface area contributed by atoms with Crippen molar-refractivity contribution in [3.05, 3.63) is 33.5 Å². The van der Waals surface area contributed by atoms with Crippen molar-refractivity contribution in [3.8, 4) is 0 Å². The average Bonchev–Trinajstić information content (AvgIpc) is 2.17. The molecule has 0 rings (SSSR count). The topological polar surface area (TPSA) is 43.4 Å². The molecule has 0 aliphatic carbocycles. The van der Waals surface area contributed by atoms with Crippen molar-refractivity contribution < 1.29 is 14.3 Å². The normalized spacial score (nSPS) is 13.0. The first-order valence-corrected chi connectivity index (χ1v) is 5.52. The highest BCUT2D eigenvalue weighted by Crippen LogP contribution is 2.02. The summed E-state index contributed by atoms with van der Waals surface area (Å²) >= 11 is 1.92. The van der Waals surface area contributed by atoms with Crippen LogP contribution < -0.4 is 0 Å². The molecule has 0 saturated heterocycles. The fourth-order valence-electron chi connectivity index (χ4n) is 0.749. The molecule has 0 heterocycles. The Morgan fingerprint density at radius 2 is 2.13 bits per heavy atom. The van der Waals surface area contributed by atoms with Gasteiger partial charge in [0.2, 0.25) is 0 Å². The third kappa shape index (κ3) is 8.11. The quantitative estimate of drug-likeness (QED) is 0.257. The molecule has 0 aromatic rings. The molecule has 82 valence electrons. The van der Waals surface area contributed by atoms with Gasteiger partial charge in [-0.25, -0.2) is 4.79 Å². The minimum atomic E-state index is -0.353. The lowest BCUT2D eigenvalue weighted by molar-refractivity contribution is -0.137. The number of carbonyl (C=O) groups is 2. The SMILES string of the molecule is CCOC(=O)/C=C(C)/C=C/C=C(/I)C=O. The summed E-state index contributed by atoms with van der Waals surface area (Å²) in [7, 11) is 0. The van der Waals surface area contributed by atoms with E-state index in [9.17, 15) is 9.59 Å². The van der Waals surface area contributed by atoms with E-state index in [0.29, 0.717) is 10.2 Å². The fourth-order valence-corrected chi connectivity index (χ4v) is 0.957. The number of allylic oxidation sites excluding steroid dienone is 5. The predicted molar refractivity (Wildman–Crippen MR) is 67.7 cm³/mol. The molecule has 0 fully saturated rings. The van der Waals surface area contributed by atoms with E-state index in [-0.39, 0.29) is 5.97 Å². The Hall–Kier alpha value is -0.910. The molecule has 0 spiro atoms. The fraction of sp³-hybridized carbons (Fsp3) is 0.273. The van der Waals surface area contributed by atoms with Gasteiger partial charge in [-0.05, 0) is 48.1 Å². The van der Waals surface area contributed by atoms with Gasteiger partial charge in [0, 0.05) is 6.08 Å². The molecule has 0 aromatic heterocycles. The number of esters is 1. The van der Waals surface area contributed by atoms with Crippen LogP contribution in [0.2, 0.25) is 0 Å². The zero-order chi connectivity index (χ0) is 11.7. The Balaban J connectivity index is 4.29. The van der Waals surface area contributed by atoms with E-state index >= 15 is 0 Å². The van der Waals surface area contributed by atoms with Gasteiger partial charge in [0.25, 0.3) is 0 Å². The van der Waals surface area contributed by atoms with Gasteiger partial charge in [0.1, 0.15) is 0 Å². The second kappa shape index (κ2) is 8.40. The van der Waals surface area contributed by atoms with E-state index in [1.807, 2.05) is 22.6 Å². The number of hydrogen-bond donors (Lipinski definition) is 0. The molecule has 0 bridgehead atoms. The van der Waals surface area contributed by atoms with Crippen molar-refractivity contribution >= 4 is 34.8 Å². The first kappa shape index (κ1) is 14.1. The summed E-state index contributed by atoms with van der Waals surface area (Å²) in [4.78, 5) is 21.2. The van der Waals surface area contributed by atoms with Crippen molar-refractivity contribution in [3.63, 3.8) is 0 Å². The molecule has 3 nitrogen and oxygen atoms in total. The monoisotopic (exact) mass is 320 g/mol. The summed E-state index contributed by atoms with van der Waals surface area (Å²) in [5.41, 5.74) is 0.778. The van der Waals surface area contributed by atoms with Gasteiger partial charge in [-0.3, -0.25) is 4.79 Å². The average molecular weight is 320 g/mol. The lowest BCUT2D eigenvalue weighted by Gasteiger charge is -1.95. The largest absolute Gasteiger partial charge is 0.463 e. The summed E-state index contributed by atoms with van der Waals surface area (Å²) in [5, 5.41) is 0. The van der Waals surface area contributed by atoms with Gasteiger partial charge in [-0.2, -0.15) is 0 Å². The molecular formula is C11H13IO3. The van der Waals surface area contributed by atoms with Crippen LogP contribution in [0.1, 0.15) is 13.8 Å². The van der Waals surface area contributed by atoms with Crippen LogP contribution in [-0.2, 0) is 14.3 Å². The van der Waals surface area contributed by atoms with E-state index in [2.05, 4.69) is 0 Å². The lowest BCUT2D eigenvalue weighted by Crippen LogP contribution is -1.99. The summed E-state index contributed by atoms with van der Waals surface area (Å²) in [6.07, 6.45) is 7.27. The number of rotatable bonds is 5. The molecule has 0 aromatic carbocycles. The minimum absolute atomic E-state index is 0.353. The van der Waals surface area contributed by atoms with Crippen molar-refractivity contribution in [1.82, 2.24) is 0 Å². The number of hydrogen-bond acceptors (Lipinski definition) is 3. The third-order valence-electron chi connectivity index (χ3n) is 1.36. The number of aldehydes is 1. The molecule has 0 saturated carbocycles. The Kier molecular flexibility index (Phi) is 7.89. The Morgan fingerprint density at radius 3 is 2.67 bits per heavy atom. The number of ether oxygens (including phenoxy) is 1. The molecule has 0 aliphatic rings. The van der Waals surface area contributed by atoms with E-state index in [1.165, 1.54) is 6.08 Å². The Labute approximate surface area is 103 Å². The van der Waals surface area contributed by atoms with Crippen LogP contribution in [0.3, 0.4) is 0 Å². The van der Waals surface area contributed by atoms with Crippen LogP contribution in [-0.4, -0.2) is 18.9 Å². The number of carbonyl (C=O) groups excluding carboxylic acids is 2. The molecule has 0 unspecified atom stereocenters. The minimum Gasteiger partial charge on any atom is -0.463 e. The smallest absolute Gasteiger partial charge is 0.330 e. The van der Waals surface area contributed by atoms with Crippen molar-refractivity contribution in [2.45, 2.75) is 13.8 Å². The molecule has 0 aliphatic heterocycles. The highest BCUT2D eigenvalue weighted by molar-refractivity contribution is 14.1. The van der Waals surface area contributed by atoms with E-state index < -0.39 is 0 Å². The van der Waals surface area contributed by atoms with E-state index in [4.69, 9.17) is 4.74 Å². The van der Waals surface area contributed by atoms with Gasteiger partial charge in [-0.1, -0.05) is 12.2 Å². The predicted octanol–water partition coefficient (Wildman–Crippen LogP) is 2.57. The van der Waals surface area contributed by atoms with Crippen molar-refractivity contribution in [2.24, 2.45) is 0 Å². The van der Waals surface area contributed by atoms with Crippen LogP contribution in [0.4, 0.5) is 0 Å². The second-order valence-electron chi connectivity index (χ2n) is 2.67. The van der Waals surface area contributed by atoms with Gasteiger partial charge < -0.3 is 4.74 Å². The number of halogens is 1. The maximum Gasteiger partial charge on any atom is 0.330 e. The Bertz CT molecular complexity index is 314. The molecule has 0 N–H and O–H groups in total. The van der Waals surface area contributed by atoms with Gasteiger partial charge in [0.05, 0.1) is 10.2 Å². The van der Waals surface area contributed by atoms with Crippen LogP contribution in [0.25, 0.3) is 0 Å². The van der Waals surface area contributed by atoms with Crippen molar-refractivity contribution in [2.75, 3.05) is 6.61 Å². The van der Waals surface area contributed by atoms with Gasteiger partial charge in [-0.15, -0.1) is 0 Å². The second-order valence-corrected chi connectivity index (χ2v) is 3.91.